The fraction of sp³-hybridized carbons (Fsp3) is 0.278. The number of aryl methyl sites for hydroxylation is 2. The number of anilines is 1. The number of hydrogen-bond donors (Lipinski definition) is 2. The number of rotatable bonds is 6. The molecule has 0 aliphatic rings. The maximum absolute atomic E-state index is 13.0. The van der Waals surface area contributed by atoms with Gasteiger partial charge in [0.15, 0.2) is 5.11 Å². The smallest absolute Gasteiger partial charge is 0.171 e. The predicted molar refractivity (Wildman–Crippen MR) is 103 cm³/mol. The Kier molecular flexibility index (Phi) is 5.62. The Morgan fingerprint density at radius 3 is 2.65 bits per heavy atom. The third kappa shape index (κ3) is 4.66. The van der Waals surface area contributed by atoms with Crippen LogP contribution in [0.5, 0.6) is 0 Å². The van der Waals surface area contributed by atoms with Crippen molar-refractivity contribution in [2.75, 3.05) is 5.32 Å². The topological polar surface area (TPSA) is 59.7 Å². The van der Waals surface area contributed by atoms with Crippen molar-refractivity contribution in [1.82, 2.24) is 24.9 Å². The van der Waals surface area contributed by atoms with Crippen molar-refractivity contribution in [2.45, 2.75) is 33.5 Å². The number of thiocarbonyl (C=S) groups is 1. The lowest BCUT2D eigenvalue weighted by molar-refractivity contribution is 0.624. The van der Waals surface area contributed by atoms with Crippen LogP contribution in [-0.2, 0) is 19.6 Å². The van der Waals surface area contributed by atoms with Crippen LogP contribution >= 0.6 is 12.2 Å². The van der Waals surface area contributed by atoms with Gasteiger partial charge in [0.05, 0.1) is 24.1 Å². The van der Waals surface area contributed by atoms with Gasteiger partial charge >= 0.3 is 0 Å². The lowest BCUT2D eigenvalue weighted by Gasteiger charge is -2.08. The predicted octanol–water partition coefficient (Wildman–Crippen LogP) is 3.08. The second-order valence-corrected chi connectivity index (χ2v) is 6.36. The molecule has 0 saturated carbocycles. The molecule has 1 aromatic carbocycles. The van der Waals surface area contributed by atoms with E-state index in [1.165, 1.54) is 12.1 Å². The maximum Gasteiger partial charge on any atom is 0.171 e. The first kappa shape index (κ1) is 18.1. The van der Waals surface area contributed by atoms with E-state index in [9.17, 15) is 4.39 Å². The van der Waals surface area contributed by atoms with Gasteiger partial charge in [-0.1, -0.05) is 12.1 Å². The zero-order valence-corrected chi connectivity index (χ0v) is 15.6. The summed E-state index contributed by atoms with van der Waals surface area (Å²) >= 11 is 5.34. The average Bonchev–Trinajstić information content (AvgIpc) is 3.21. The zero-order valence-electron chi connectivity index (χ0n) is 14.7. The Morgan fingerprint density at radius 1 is 1.19 bits per heavy atom. The van der Waals surface area contributed by atoms with Gasteiger partial charge in [-0.15, -0.1) is 0 Å². The SMILES string of the molecule is CCn1cc(CNC(=S)Nc2cnn(Cc3ccc(F)cc3)c2)c(C)n1. The number of hydrogen-bond acceptors (Lipinski definition) is 3. The Morgan fingerprint density at radius 2 is 1.96 bits per heavy atom. The molecule has 2 heterocycles. The van der Waals surface area contributed by atoms with Gasteiger partial charge in [0, 0.05) is 31.0 Å². The minimum Gasteiger partial charge on any atom is -0.358 e. The van der Waals surface area contributed by atoms with Crippen molar-refractivity contribution in [3.63, 3.8) is 0 Å². The summed E-state index contributed by atoms with van der Waals surface area (Å²) in [7, 11) is 0. The van der Waals surface area contributed by atoms with Crippen molar-refractivity contribution >= 4 is 23.0 Å². The number of nitrogens with one attached hydrogen (secondary N) is 2. The largest absolute Gasteiger partial charge is 0.358 e. The molecule has 0 radical (unpaired) electrons. The second-order valence-electron chi connectivity index (χ2n) is 5.96. The summed E-state index contributed by atoms with van der Waals surface area (Å²) in [5, 5.41) is 15.5. The van der Waals surface area contributed by atoms with Crippen LogP contribution in [-0.4, -0.2) is 24.7 Å². The maximum atomic E-state index is 13.0. The Bertz CT molecular complexity index is 883. The highest BCUT2D eigenvalue weighted by Gasteiger charge is 2.06. The van der Waals surface area contributed by atoms with Gasteiger partial charge in [0.1, 0.15) is 5.82 Å². The molecule has 6 nitrogen and oxygen atoms in total. The molecule has 3 rings (SSSR count). The van der Waals surface area contributed by atoms with Crippen LogP contribution in [0.1, 0.15) is 23.7 Å². The second kappa shape index (κ2) is 8.09. The highest BCUT2D eigenvalue weighted by molar-refractivity contribution is 7.80. The van der Waals surface area contributed by atoms with E-state index in [1.54, 1.807) is 23.0 Å². The summed E-state index contributed by atoms with van der Waals surface area (Å²) in [4.78, 5) is 0. The van der Waals surface area contributed by atoms with Crippen LogP contribution in [0, 0.1) is 12.7 Å². The lowest BCUT2D eigenvalue weighted by atomic mass is 10.2. The molecule has 3 aromatic rings. The number of aromatic nitrogens is 4. The van der Waals surface area contributed by atoms with Gasteiger partial charge in [0.2, 0.25) is 0 Å². The quantitative estimate of drug-likeness (QED) is 0.651. The van der Waals surface area contributed by atoms with E-state index in [0.717, 1.165) is 29.1 Å². The van der Waals surface area contributed by atoms with Crippen molar-refractivity contribution in [1.29, 1.82) is 0 Å². The van der Waals surface area contributed by atoms with E-state index < -0.39 is 0 Å². The average molecular weight is 372 g/mol. The van der Waals surface area contributed by atoms with Crippen LogP contribution in [0.3, 0.4) is 0 Å². The molecule has 0 aliphatic heterocycles. The molecule has 2 aromatic heterocycles. The molecule has 8 heteroatoms. The standard InChI is InChI=1S/C18H21FN6S/c1-3-24-11-15(13(2)23-24)8-20-18(26)22-17-9-21-25(12-17)10-14-4-6-16(19)7-5-14/h4-7,9,11-12H,3,8,10H2,1-2H3,(H2,20,22,26). The molecule has 0 amide bonds. The summed E-state index contributed by atoms with van der Waals surface area (Å²) < 4.78 is 16.6. The molecule has 26 heavy (non-hydrogen) atoms. The van der Waals surface area contributed by atoms with Gasteiger partial charge < -0.3 is 10.6 Å². The summed E-state index contributed by atoms with van der Waals surface area (Å²) in [5.41, 5.74) is 3.88. The third-order valence-electron chi connectivity index (χ3n) is 3.96. The Balaban J connectivity index is 1.52. The van der Waals surface area contributed by atoms with E-state index in [4.69, 9.17) is 12.2 Å². The summed E-state index contributed by atoms with van der Waals surface area (Å²) in [6.45, 7) is 6.06. The van der Waals surface area contributed by atoms with E-state index in [-0.39, 0.29) is 5.82 Å². The van der Waals surface area contributed by atoms with Gasteiger partial charge in [-0.25, -0.2) is 4.39 Å². The summed E-state index contributed by atoms with van der Waals surface area (Å²) in [5.74, 6) is -0.243. The zero-order chi connectivity index (χ0) is 18.5. The van der Waals surface area contributed by atoms with Crippen molar-refractivity contribution in [3.05, 3.63) is 65.5 Å². The molecule has 136 valence electrons. The lowest BCUT2D eigenvalue weighted by Crippen LogP contribution is -2.27. The first-order valence-electron chi connectivity index (χ1n) is 8.38. The van der Waals surface area contributed by atoms with Gasteiger partial charge in [-0.3, -0.25) is 9.36 Å². The van der Waals surface area contributed by atoms with Gasteiger partial charge in [-0.05, 0) is 43.8 Å². The first-order chi connectivity index (χ1) is 12.5. The van der Waals surface area contributed by atoms with Crippen molar-refractivity contribution in [3.8, 4) is 0 Å². The molecular formula is C18H21FN6S. The minimum atomic E-state index is -0.243. The van der Waals surface area contributed by atoms with Crippen LogP contribution in [0.15, 0.2) is 42.9 Å². The van der Waals surface area contributed by atoms with Crippen LogP contribution in [0.25, 0.3) is 0 Å². The normalized spacial score (nSPS) is 10.7. The molecule has 2 N–H and O–H groups in total. The van der Waals surface area contributed by atoms with Gasteiger partial charge in [0.25, 0.3) is 0 Å². The Labute approximate surface area is 157 Å². The number of halogens is 1. The van der Waals surface area contributed by atoms with Gasteiger partial charge in [-0.2, -0.15) is 10.2 Å². The highest BCUT2D eigenvalue weighted by atomic mass is 32.1. The fourth-order valence-electron chi connectivity index (χ4n) is 2.54. The van der Waals surface area contributed by atoms with E-state index in [1.807, 2.05) is 24.0 Å². The first-order valence-corrected chi connectivity index (χ1v) is 8.79. The van der Waals surface area contributed by atoms with Crippen molar-refractivity contribution < 1.29 is 4.39 Å². The van der Waals surface area contributed by atoms with Crippen LogP contribution in [0.4, 0.5) is 10.1 Å². The number of benzene rings is 1. The molecule has 0 aliphatic carbocycles. The fourth-order valence-corrected chi connectivity index (χ4v) is 2.73. The third-order valence-corrected chi connectivity index (χ3v) is 4.21. The summed E-state index contributed by atoms with van der Waals surface area (Å²) in [6.07, 6.45) is 5.58. The van der Waals surface area contributed by atoms with Crippen molar-refractivity contribution in [2.24, 2.45) is 0 Å². The minimum absolute atomic E-state index is 0.243. The summed E-state index contributed by atoms with van der Waals surface area (Å²) in [6, 6.07) is 6.38. The molecule has 0 atom stereocenters. The van der Waals surface area contributed by atoms with E-state index >= 15 is 0 Å². The molecule has 0 bridgehead atoms. The molecule has 0 unspecified atom stereocenters. The molecular weight excluding hydrogens is 351 g/mol. The van der Waals surface area contributed by atoms with E-state index in [2.05, 4.69) is 27.8 Å². The molecule has 0 spiro atoms. The monoisotopic (exact) mass is 372 g/mol. The molecule has 0 fully saturated rings. The highest BCUT2D eigenvalue weighted by Crippen LogP contribution is 2.10. The molecule has 0 saturated heterocycles. The van der Waals surface area contributed by atoms with Crippen LogP contribution in [0.2, 0.25) is 0 Å². The number of nitrogens with zero attached hydrogens (tertiary/aromatic N) is 4. The Hall–Kier alpha value is -2.74. The van der Waals surface area contributed by atoms with Crippen LogP contribution < -0.4 is 10.6 Å². The van der Waals surface area contributed by atoms with E-state index in [0.29, 0.717) is 18.2 Å².